The normalized spacial score (nSPS) is 10.6. The average Bonchev–Trinajstić information content (AvgIpc) is 2.56. The number of anilines is 1. The molecule has 0 radical (unpaired) electrons. The van der Waals surface area contributed by atoms with E-state index < -0.39 is 0 Å². The summed E-state index contributed by atoms with van der Waals surface area (Å²) >= 11 is 1.62. The van der Waals surface area contributed by atoms with Crippen molar-refractivity contribution in [1.82, 2.24) is 0 Å². The molecule has 0 unspecified atom stereocenters. The van der Waals surface area contributed by atoms with Crippen LogP contribution in [0.2, 0.25) is 0 Å². The fourth-order valence-electron chi connectivity index (χ4n) is 2.19. The average molecular weight is 247 g/mol. The van der Waals surface area contributed by atoms with Crippen LogP contribution in [0.3, 0.4) is 0 Å². The Balaban J connectivity index is 2.70. The van der Waals surface area contributed by atoms with Crippen molar-refractivity contribution in [2.45, 2.75) is 20.8 Å². The van der Waals surface area contributed by atoms with Crippen LogP contribution in [0.5, 0.6) is 5.75 Å². The topological polar surface area (TPSA) is 35.2 Å². The van der Waals surface area contributed by atoms with Gasteiger partial charge in [-0.1, -0.05) is 6.07 Å². The third-order valence-electron chi connectivity index (χ3n) is 2.87. The maximum absolute atomic E-state index is 5.87. The quantitative estimate of drug-likeness (QED) is 0.872. The highest BCUT2D eigenvalue weighted by Crippen LogP contribution is 2.40. The molecule has 1 aromatic heterocycles. The van der Waals surface area contributed by atoms with Gasteiger partial charge in [0.1, 0.15) is 5.75 Å². The van der Waals surface area contributed by atoms with Crippen LogP contribution in [-0.2, 0) is 0 Å². The van der Waals surface area contributed by atoms with Crippen molar-refractivity contribution in [3.8, 4) is 16.9 Å². The van der Waals surface area contributed by atoms with Gasteiger partial charge in [0.15, 0.2) is 0 Å². The summed E-state index contributed by atoms with van der Waals surface area (Å²) in [5, 5.41) is 0.847. The zero-order chi connectivity index (χ0) is 12.6. The lowest BCUT2D eigenvalue weighted by atomic mass is 9.98. The second-order valence-electron chi connectivity index (χ2n) is 4.28. The smallest absolute Gasteiger partial charge is 0.127 e. The molecule has 1 heterocycles. The Morgan fingerprint density at radius 3 is 2.35 bits per heavy atom. The fraction of sp³-hybridized carbons (Fsp3) is 0.286. The van der Waals surface area contributed by atoms with Crippen LogP contribution >= 0.6 is 11.3 Å². The minimum Gasteiger partial charge on any atom is -0.496 e. The van der Waals surface area contributed by atoms with Crippen molar-refractivity contribution in [3.63, 3.8) is 0 Å². The van der Waals surface area contributed by atoms with Gasteiger partial charge in [-0.2, -0.15) is 0 Å². The summed E-state index contributed by atoms with van der Waals surface area (Å²) < 4.78 is 5.49. The van der Waals surface area contributed by atoms with Crippen LogP contribution in [0.1, 0.15) is 16.0 Å². The van der Waals surface area contributed by atoms with Crippen molar-refractivity contribution >= 4 is 16.3 Å². The lowest BCUT2D eigenvalue weighted by Gasteiger charge is -2.12. The molecule has 2 N–H and O–H groups in total. The molecule has 3 heteroatoms. The number of hydrogen-bond acceptors (Lipinski definition) is 3. The minimum absolute atomic E-state index is 0.847. The van der Waals surface area contributed by atoms with E-state index in [9.17, 15) is 0 Å². The van der Waals surface area contributed by atoms with Gasteiger partial charge < -0.3 is 10.5 Å². The standard InChI is InChI=1S/C14H17NOS/c1-8-5-9(2)14(12(6-8)16-4)11-7-13(15)17-10(11)3/h5-7H,15H2,1-4H3. The first kappa shape index (κ1) is 12.0. The Morgan fingerprint density at radius 1 is 1.12 bits per heavy atom. The highest BCUT2D eigenvalue weighted by atomic mass is 32.1. The first-order valence-corrected chi connectivity index (χ1v) is 6.36. The summed E-state index contributed by atoms with van der Waals surface area (Å²) in [4.78, 5) is 1.23. The predicted octanol–water partition coefficient (Wildman–Crippen LogP) is 3.93. The highest BCUT2D eigenvalue weighted by molar-refractivity contribution is 7.16. The van der Waals surface area contributed by atoms with Gasteiger partial charge in [-0.05, 0) is 44.0 Å². The number of hydrogen-bond donors (Lipinski definition) is 1. The molecule has 1 aromatic carbocycles. The molecule has 0 fully saturated rings. The lowest BCUT2D eigenvalue weighted by Crippen LogP contribution is -1.92. The van der Waals surface area contributed by atoms with Gasteiger partial charge in [0.25, 0.3) is 0 Å². The zero-order valence-electron chi connectivity index (χ0n) is 10.6. The molecule has 17 heavy (non-hydrogen) atoms. The first-order chi connectivity index (χ1) is 8.02. The number of benzene rings is 1. The van der Waals surface area contributed by atoms with Gasteiger partial charge in [-0.25, -0.2) is 0 Å². The molecule has 0 amide bonds. The summed E-state index contributed by atoms with van der Waals surface area (Å²) in [6, 6.07) is 6.26. The Bertz CT molecular complexity index is 558. The summed E-state index contributed by atoms with van der Waals surface area (Å²) in [6.07, 6.45) is 0. The van der Waals surface area contributed by atoms with E-state index in [4.69, 9.17) is 10.5 Å². The van der Waals surface area contributed by atoms with Gasteiger partial charge in [0.2, 0.25) is 0 Å². The van der Waals surface area contributed by atoms with E-state index >= 15 is 0 Å². The fourth-order valence-corrected chi connectivity index (χ4v) is 2.99. The Hall–Kier alpha value is -1.48. The van der Waals surface area contributed by atoms with E-state index in [1.807, 2.05) is 6.07 Å². The largest absolute Gasteiger partial charge is 0.496 e. The molecule has 0 aliphatic carbocycles. The molecule has 0 aliphatic rings. The van der Waals surface area contributed by atoms with E-state index in [1.165, 1.54) is 21.6 Å². The third kappa shape index (κ3) is 2.15. The monoisotopic (exact) mass is 247 g/mol. The molecule has 0 atom stereocenters. The number of thiophene rings is 1. The molecule has 0 aliphatic heterocycles. The van der Waals surface area contributed by atoms with E-state index in [1.54, 1.807) is 18.4 Å². The van der Waals surface area contributed by atoms with Crippen LogP contribution in [0.25, 0.3) is 11.1 Å². The SMILES string of the molecule is COc1cc(C)cc(C)c1-c1cc(N)sc1C. The summed E-state index contributed by atoms with van der Waals surface area (Å²) in [6.45, 7) is 6.28. The summed E-state index contributed by atoms with van der Waals surface area (Å²) in [7, 11) is 1.71. The number of ether oxygens (including phenoxy) is 1. The molecule has 0 saturated heterocycles. The summed E-state index contributed by atoms with van der Waals surface area (Å²) in [5.41, 5.74) is 10.6. The van der Waals surface area contributed by atoms with Gasteiger partial charge in [-0.3, -0.25) is 0 Å². The van der Waals surface area contributed by atoms with Crippen LogP contribution < -0.4 is 10.5 Å². The second-order valence-corrected chi connectivity index (χ2v) is 5.57. The maximum atomic E-state index is 5.87. The zero-order valence-corrected chi connectivity index (χ0v) is 11.4. The number of methoxy groups -OCH3 is 1. The van der Waals surface area contributed by atoms with E-state index in [2.05, 4.69) is 32.9 Å². The van der Waals surface area contributed by atoms with Crippen LogP contribution in [0, 0.1) is 20.8 Å². The molecular weight excluding hydrogens is 230 g/mol. The number of nitrogens with two attached hydrogens (primary N) is 1. The second kappa shape index (κ2) is 4.41. The van der Waals surface area contributed by atoms with Gasteiger partial charge in [0.05, 0.1) is 12.1 Å². The Morgan fingerprint density at radius 2 is 1.82 bits per heavy atom. The van der Waals surface area contributed by atoms with Crippen molar-refractivity contribution in [2.75, 3.05) is 12.8 Å². The van der Waals surface area contributed by atoms with Gasteiger partial charge >= 0.3 is 0 Å². The number of nitrogen functional groups attached to an aromatic ring is 1. The minimum atomic E-state index is 0.847. The lowest BCUT2D eigenvalue weighted by molar-refractivity contribution is 0.416. The molecule has 0 bridgehead atoms. The van der Waals surface area contributed by atoms with Crippen LogP contribution in [0.4, 0.5) is 5.00 Å². The van der Waals surface area contributed by atoms with Crippen LogP contribution in [-0.4, -0.2) is 7.11 Å². The van der Waals surface area contributed by atoms with E-state index in [-0.39, 0.29) is 0 Å². The van der Waals surface area contributed by atoms with E-state index in [0.29, 0.717) is 0 Å². The molecule has 0 spiro atoms. The number of aryl methyl sites for hydroxylation is 3. The number of rotatable bonds is 2. The van der Waals surface area contributed by atoms with Crippen molar-refractivity contribution in [1.29, 1.82) is 0 Å². The molecule has 2 rings (SSSR count). The summed E-state index contributed by atoms with van der Waals surface area (Å²) in [5.74, 6) is 0.920. The van der Waals surface area contributed by atoms with Crippen molar-refractivity contribution in [3.05, 3.63) is 34.2 Å². The predicted molar refractivity (Wildman–Crippen MR) is 74.9 cm³/mol. The third-order valence-corrected chi connectivity index (χ3v) is 3.75. The highest BCUT2D eigenvalue weighted by Gasteiger charge is 2.14. The first-order valence-electron chi connectivity index (χ1n) is 5.54. The van der Waals surface area contributed by atoms with Crippen molar-refractivity contribution < 1.29 is 4.74 Å². The van der Waals surface area contributed by atoms with Gasteiger partial charge in [-0.15, -0.1) is 11.3 Å². The molecular formula is C14H17NOS. The van der Waals surface area contributed by atoms with E-state index in [0.717, 1.165) is 16.3 Å². The Kier molecular flexibility index (Phi) is 3.11. The Labute approximate surface area is 106 Å². The molecule has 2 aromatic rings. The maximum Gasteiger partial charge on any atom is 0.127 e. The molecule has 0 saturated carbocycles. The molecule has 90 valence electrons. The van der Waals surface area contributed by atoms with Gasteiger partial charge in [0, 0.05) is 16.0 Å². The van der Waals surface area contributed by atoms with Crippen molar-refractivity contribution in [2.24, 2.45) is 0 Å². The molecule has 2 nitrogen and oxygen atoms in total. The van der Waals surface area contributed by atoms with Crippen LogP contribution in [0.15, 0.2) is 18.2 Å².